The van der Waals surface area contributed by atoms with Gasteiger partial charge in [0.2, 0.25) is 0 Å². The number of unbranched alkanes of at least 4 members (excludes halogenated alkanes) is 1. The first kappa shape index (κ1) is 18.2. The van der Waals surface area contributed by atoms with Gasteiger partial charge in [0.25, 0.3) is 0 Å². The minimum Gasteiger partial charge on any atom is -0.206 e. The molecular weight excluding hydrogens is 316 g/mol. The molecule has 0 aliphatic carbocycles. The van der Waals surface area contributed by atoms with Crippen LogP contribution in [0.1, 0.15) is 35.1 Å². The van der Waals surface area contributed by atoms with E-state index in [0.29, 0.717) is 6.42 Å². The first-order valence-electron chi connectivity index (χ1n) is 7.93. The fourth-order valence-corrected chi connectivity index (χ4v) is 2.46. The lowest BCUT2D eigenvalue weighted by Crippen LogP contribution is -2.00. The Morgan fingerprint density at radius 3 is 2.04 bits per heavy atom. The summed E-state index contributed by atoms with van der Waals surface area (Å²) in [6, 6.07) is 12.8. The normalized spacial score (nSPS) is 12.0. The minimum absolute atomic E-state index is 0.0456. The first-order chi connectivity index (χ1) is 11.3. The highest BCUT2D eigenvalue weighted by atomic mass is 19.4. The molecular formula is C20H20F4. The van der Waals surface area contributed by atoms with Crippen LogP contribution in [0.25, 0.3) is 6.08 Å². The highest BCUT2D eigenvalue weighted by Gasteiger charge is 2.22. The topological polar surface area (TPSA) is 0 Å². The third kappa shape index (κ3) is 6.19. The maximum Gasteiger partial charge on any atom is 0.409 e. The van der Waals surface area contributed by atoms with Crippen molar-refractivity contribution >= 4 is 6.08 Å². The average Bonchev–Trinajstić information content (AvgIpc) is 2.51. The molecule has 2 aromatic rings. The van der Waals surface area contributed by atoms with E-state index in [1.165, 1.54) is 23.3 Å². The summed E-state index contributed by atoms with van der Waals surface area (Å²) in [6.45, 7) is 2.05. The molecule has 24 heavy (non-hydrogen) atoms. The molecule has 0 unspecified atom stereocenters. The predicted molar refractivity (Wildman–Crippen MR) is 89.3 cm³/mol. The number of allylic oxidation sites excluding steroid dienone is 1. The zero-order valence-electron chi connectivity index (χ0n) is 13.5. The van der Waals surface area contributed by atoms with Crippen molar-refractivity contribution in [2.75, 3.05) is 0 Å². The van der Waals surface area contributed by atoms with Crippen LogP contribution in [-0.4, -0.2) is 6.18 Å². The quantitative estimate of drug-likeness (QED) is 0.430. The Bertz CT molecular complexity index is 682. The van der Waals surface area contributed by atoms with E-state index in [2.05, 4.69) is 24.3 Å². The highest BCUT2D eigenvalue weighted by Crippen LogP contribution is 2.20. The van der Waals surface area contributed by atoms with E-state index in [1.54, 1.807) is 6.07 Å². The summed E-state index contributed by atoms with van der Waals surface area (Å²) in [4.78, 5) is 0. The van der Waals surface area contributed by atoms with Crippen molar-refractivity contribution < 1.29 is 17.6 Å². The zero-order chi connectivity index (χ0) is 17.6. The highest BCUT2D eigenvalue weighted by molar-refractivity contribution is 5.51. The predicted octanol–water partition coefficient (Wildman–Crippen LogP) is 6.28. The lowest BCUT2D eigenvalue weighted by atomic mass is 10.0. The van der Waals surface area contributed by atoms with Crippen LogP contribution < -0.4 is 0 Å². The van der Waals surface area contributed by atoms with Gasteiger partial charge in [-0.3, -0.25) is 0 Å². The van der Waals surface area contributed by atoms with Gasteiger partial charge in [0.15, 0.2) is 0 Å². The number of hydrogen-bond donors (Lipinski definition) is 0. The molecule has 0 aromatic heterocycles. The maximum absolute atomic E-state index is 13.8. The average molecular weight is 336 g/mol. The third-order valence-electron chi connectivity index (χ3n) is 3.82. The van der Waals surface area contributed by atoms with Crippen molar-refractivity contribution in [2.24, 2.45) is 0 Å². The molecule has 0 saturated carbocycles. The Morgan fingerprint density at radius 2 is 1.46 bits per heavy atom. The zero-order valence-corrected chi connectivity index (χ0v) is 13.5. The van der Waals surface area contributed by atoms with Crippen LogP contribution in [0.2, 0.25) is 0 Å². The number of aryl methyl sites for hydroxylation is 3. The van der Waals surface area contributed by atoms with Gasteiger partial charge in [0.05, 0.1) is 0 Å². The minimum atomic E-state index is -4.43. The second kappa shape index (κ2) is 8.13. The molecule has 2 rings (SSSR count). The molecule has 0 saturated heterocycles. The lowest BCUT2D eigenvalue weighted by Gasteiger charge is -2.05. The Labute approximate surface area is 139 Å². The van der Waals surface area contributed by atoms with Crippen LogP contribution in [0, 0.1) is 12.7 Å². The molecule has 0 heterocycles. The molecule has 0 radical (unpaired) electrons. The van der Waals surface area contributed by atoms with Crippen LogP contribution in [0.3, 0.4) is 0 Å². The van der Waals surface area contributed by atoms with Gasteiger partial charge in [0.1, 0.15) is 5.82 Å². The van der Waals surface area contributed by atoms with E-state index < -0.39 is 12.0 Å². The maximum atomic E-state index is 13.8. The Kier molecular flexibility index (Phi) is 6.18. The van der Waals surface area contributed by atoms with Gasteiger partial charge in [-0.1, -0.05) is 42.0 Å². The van der Waals surface area contributed by atoms with Crippen molar-refractivity contribution in [1.82, 2.24) is 0 Å². The van der Waals surface area contributed by atoms with Gasteiger partial charge in [-0.05, 0) is 55.9 Å². The van der Waals surface area contributed by atoms with Crippen LogP contribution in [-0.2, 0) is 12.8 Å². The van der Waals surface area contributed by atoms with E-state index >= 15 is 0 Å². The monoisotopic (exact) mass is 336 g/mol. The second-order valence-electron chi connectivity index (χ2n) is 5.92. The van der Waals surface area contributed by atoms with Crippen molar-refractivity contribution in [3.8, 4) is 0 Å². The van der Waals surface area contributed by atoms with Crippen molar-refractivity contribution in [2.45, 2.75) is 38.8 Å². The molecule has 2 aromatic carbocycles. The van der Waals surface area contributed by atoms with Gasteiger partial charge in [0, 0.05) is 11.6 Å². The molecule has 4 heteroatoms. The summed E-state index contributed by atoms with van der Waals surface area (Å²) >= 11 is 0. The van der Waals surface area contributed by atoms with Gasteiger partial charge < -0.3 is 0 Å². The molecule has 0 fully saturated rings. The van der Waals surface area contributed by atoms with Gasteiger partial charge in [-0.15, -0.1) is 0 Å². The lowest BCUT2D eigenvalue weighted by molar-refractivity contribution is -0.0790. The standard InChI is InChI=1S/C20H20F4/c1-15-6-8-16(9-7-15)4-2-3-5-17-10-11-18(19(21)14-17)12-13-20(22,23)24/h6-14H,2-5H2,1H3/b13-12+. The Balaban J connectivity index is 1.84. The summed E-state index contributed by atoms with van der Waals surface area (Å²) in [5.41, 5.74) is 3.27. The number of alkyl halides is 3. The van der Waals surface area contributed by atoms with E-state index in [-0.39, 0.29) is 11.6 Å². The second-order valence-corrected chi connectivity index (χ2v) is 5.92. The largest absolute Gasteiger partial charge is 0.409 e. The summed E-state index contributed by atoms with van der Waals surface area (Å²) < 4.78 is 50.2. The summed E-state index contributed by atoms with van der Waals surface area (Å²) in [7, 11) is 0. The van der Waals surface area contributed by atoms with E-state index in [1.807, 2.05) is 6.92 Å². The van der Waals surface area contributed by atoms with Gasteiger partial charge in [-0.2, -0.15) is 13.2 Å². The Hall–Kier alpha value is -2.10. The van der Waals surface area contributed by atoms with Crippen LogP contribution >= 0.6 is 0 Å². The number of benzene rings is 2. The smallest absolute Gasteiger partial charge is 0.206 e. The SMILES string of the molecule is Cc1ccc(CCCCc2ccc(/C=C/C(F)(F)F)c(F)c2)cc1. The summed E-state index contributed by atoms with van der Waals surface area (Å²) in [5.74, 6) is -0.619. The molecule has 0 nitrogen and oxygen atoms in total. The molecule has 0 N–H and O–H groups in total. The molecule has 0 aliphatic heterocycles. The molecule has 0 atom stereocenters. The molecule has 128 valence electrons. The number of hydrogen-bond acceptors (Lipinski definition) is 0. The Morgan fingerprint density at radius 1 is 0.875 bits per heavy atom. The first-order valence-corrected chi connectivity index (χ1v) is 7.93. The van der Waals surface area contributed by atoms with Crippen LogP contribution in [0.4, 0.5) is 17.6 Å². The van der Waals surface area contributed by atoms with E-state index in [4.69, 9.17) is 0 Å². The van der Waals surface area contributed by atoms with Crippen LogP contribution in [0.15, 0.2) is 48.5 Å². The van der Waals surface area contributed by atoms with Crippen LogP contribution in [0.5, 0.6) is 0 Å². The van der Waals surface area contributed by atoms with Crippen molar-refractivity contribution in [3.05, 3.63) is 76.6 Å². The molecule has 0 amide bonds. The fourth-order valence-electron chi connectivity index (χ4n) is 2.46. The van der Waals surface area contributed by atoms with E-state index in [0.717, 1.165) is 30.9 Å². The van der Waals surface area contributed by atoms with Crippen molar-refractivity contribution in [1.29, 1.82) is 0 Å². The fraction of sp³-hybridized carbons (Fsp3) is 0.300. The summed E-state index contributed by atoms with van der Waals surface area (Å²) in [5, 5.41) is 0. The molecule has 0 spiro atoms. The van der Waals surface area contributed by atoms with Crippen molar-refractivity contribution in [3.63, 3.8) is 0 Å². The number of rotatable bonds is 6. The van der Waals surface area contributed by atoms with Gasteiger partial charge in [-0.25, -0.2) is 4.39 Å². The summed E-state index contributed by atoms with van der Waals surface area (Å²) in [6.07, 6.45) is -0.0447. The van der Waals surface area contributed by atoms with E-state index in [9.17, 15) is 17.6 Å². The third-order valence-corrected chi connectivity index (χ3v) is 3.82. The number of halogens is 4. The molecule has 0 aliphatic rings. The van der Waals surface area contributed by atoms with Gasteiger partial charge >= 0.3 is 6.18 Å². The molecule has 0 bridgehead atoms.